The Morgan fingerprint density at radius 1 is 1.26 bits per heavy atom. The minimum atomic E-state index is -0.924. The third-order valence-electron chi connectivity index (χ3n) is 4.17. The van der Waals surface area contributed by atoms with Crippen LogP contribution in [0.3, 0.4) is 0 Å². The van der Waals surface area contributed by atoms with Crippen LogP contribution in [0.2, 0.25) is 0 Å². The van der Waals surface area contributed by atoms with Gasteiger partial charge in [-0.1, -0.05) is 13.8 Å². The fraction of sp³-hybridized carbons (Fsp3) is 0.529. The fourth-order valence-electron chi connectivity index (χ4n) is 2.29. The third kappa shape index (κ3) is 4.87. The molecule has 0 unspecified atom stereocenters. The van der Waals surface area contributed by atoms with Gasteiger partial charge in [-0.3, -0.25) is 9.59 Å². The second-order valence-corrected chi connectivity index (χ2v) is 5.49. The van der Waals surface area contributed by atoms with E-state index in [0.29, 0.717) is 18.6 Å². The van der Waals surface area contributed by atoms with Gasteiger partial charge >= 0.3 is 5.97 Å². The number of carbonyl (C=O) groups is 2. The van der Waals surface area contributed by atoms with Gasteiger partial charge in [0.25, 0.3) is 5.91 Å². The van der Waals surface area contributed by atoms with Crippen LogP contribution in [0.15, 0.2) is 18.2 Å². The summed E-state index contributed by atoms with van der Waals surface area (Å²) in [5.74, 6) is 0.0772. The number of rotatable bonds is 9. The van der Waals surface area contributed by atoms with Crippen LogP contribution in [-0.4, -0.2) is 37.2 Å². The van der Waals surface area contributed by atoms with E-state index in [0.717, 1.165) is 11.3 Å². The summed E-state index contributed by atoms with van der Waals surface area (Å²) in [6.45, 7) is 5.43. The highest BCUT2D eigenvalue weighted by atomic mass is 16.5. The molecule has 0 radical (unpaired) electrons. The van der Waals surface area contributed by atoms with Gasteiger partial charge in [0, 0.05) is 6.54 Å². The van der Waals surface area contributed by atoms with Crippen LogP contribution >= 0.6 is 0 Å². The zero-order valence-electron chi connectivity index (χ0n) is 14.1. The first kappa shape index (κ1) is 18.8. The quantitative estimate of drug-likeness (QED) is 0.729. The molecule has 0 fully saturated rings. The summed E-state index contributed by atoms with van der Waals surface area (Å²) < 4.78 is 10.6. The maximum atomic E-state index is 11.9. The summed E-state index contributed by atoms with van der Waals surface area (Å²) in [5, 5.41) is 12.0. The first-order chi connectivity index (χ1) is 10.9. The lowest BCUT2D eigenvalue weighted by Gasteiger charge is -2.26. The highest BCUT2D eigenvalue weighted by molar-refractivity contribution is 5.80. The van der Waals surface area contributed by atoms with E-state index in [1.54, 1.807) is 39.2 Å². The smallest absolute Gasteiger partial charge is 0.311 e. The minimum Gasteiger partial charge on any atom is -0.496 e. The molecule has 0 aliphatic heterocycles. The van der Waals surface area contributed by atoms with Crippen molar-refractivity contribution in [3.05, 3.63) is 23.8 Å². The van der Waals surface area contributed by atoms with Gasteiger partial charge in [-0.05, 0) is 43.5 Å². The Balaban J connectivity index is 2.54. The van der Waals surface area contributed by atoms with Gasteiger partial charge < -0.3 is 19.9 Å². The molecule has 0 aromatic heterocycles. The van der Waals surface area contributed by atoms with Crippen molar-refractivity contribution < 1.29 is 24.2 Å². The summed E-state index contributed by atoms with van der Waals surface area (Å²) in [6, 6.07) is 5.27. The number of amides is 1. The van der Waals surface area contributed by atoms with Crippen molar-refractivity contribution in [1.29, 1.82) is 0 Å². The molecule has 1 amide bonds. The van der Waals surface area contributed by atoms with Crippen molar-refractivity contribution in [2.24, 2.45) is 5.41 Å². The Kier molecular flexibility index (Phi) is 6.88. The number of hydrogen-bond donors (Lipinski definition) is 2. The molecule has 0 heterocycles. The number of benzene rings is 1. The van der Waals surface area contributed by atoms with Gasteiger partial charge in [0.05, 0.1) is 12.5 Å². The summed E-state index contributed by atoms with van der Waals surface area (Å²) >= 11 is 0. The number of carboxylic acids is 1. The SMILES string of the molecule is CCC(CC)(CNC(=O)COc1ccc(OC)c(C)c1)C(=O)O. The molecule has 0 aliphatic carbocycles. The lowest BCUT2D eigenvalue weighted by atomic mass is 9.82. The number of nitrogens with one attached hydrogen (secondary N) is 1. The Bertz CT molecular complexity index is 552. The van der Waals surface area contributed by atoms with Crippen LogP contribution in [-0.2, 0) is 9.59 Å². The molecule has 1 aromatic carbocycles. The largest absolute Gasteiger partial charge is 0.496 e. The van der Waals surface area contributed by atoms with E-state index in [-0.39, 0.29) is 19.1 Å². The predicted molar refractivity (Wildman–Crippen MR) is 86.9 cm³/mol. The molecule has 0 spiro atoms. The first-order valence-corrected chi connectivity index (χ1v) is 7.66. The van der Waals surface area contributed by atoms with Gasteiger partial charge in [0.1, 0.15) is 11.5 Å². The van der Waals surface area contributed by atoms with Gasteiger partial charge in [0.2, 0.25) is 0 Å². The van der Waals surface area contributed by atoms with Crippen LogP contribution in [0.1, 0.15) is 32.3 Å². The van der Waals surface area contributed by atoms with E-state index in [1.807, 2.05) is 6.92 Å². The Morgan fingerprint density at radius 3 is 2.39 bits per heavy atom. The molecular weight excluding hydrogens is 298 g/mol. The topological polar surface area (TPSA) is 84.9 Å². The first-order valence-electron chi connectivity index (χ1n) is 7.66. The standard InChI is InChI=1S/C17H25NO5/c1-5-17(6-2,16(20)21)11-18-15(19)10-23-13-7-8-14(22-4)12(3)9-13/h7-9H,5-6,10-11H2,1-4H3,(H,18,19)(H,20,21). The fourth-order valence-corrected chi connectivity index (χ4v) is 2.29. The van der Waals surface area contributed by atoms with Crippen molar-refractivity contribution in [3.63, 3.8) is 0 Å². The van der Waals surface area contributed by atoms with E-state index in [9.17, 15) is 14.7 Å². The monoisotopic (exact) mass is 323 g/mol. The molecule has 0 saturated heterocycles. The molecule has 1 aromatic rings. The number of aliphatic carboxylic acids is 1. The molecule has 23 heavy (non-hydrogen) atoms. The van der Waals surface area contributed by atoms with Crippen LogP contribution in [0, 0.1) is 12.3 Å². The molecule has 128 valence electrons. The molecule has 0 saturated carbocycles. The third-order valence-corrected chi connectivity index (χ3v) is 4.17. The minimum absolute atomic E-state index is 0.0964. The van der Waals surface area contributed by atoms with E-state index in [2.05, 4.69) is 5.32 Å². The summed E-state index contributed by atoms with van der Waals surface area (Å²) in [5.41, 5.74) is -0.0147. The second kappa shape index (κ2) is 8.41. The van der Waals surface area contributed by atoms with Crippen molar-refractivity contribution >= 4 is 11.9 Å². The number of aryl methyl sites for hydroxylation is 1. The molecule has 6 heteroatoms. The average Bonchev–Trinajstić information content (AvgIpc) is 2.54. The van der Waals surface area contributed by atoms with Crippen molar-refractivity contribution in [2.75, 3.05) is 20.3 Å². The normalized spacial score (nSPS) is 11.0. The van der Waals surface area contributed by atoms with Gasteiger partial charge in [-0.25, -0.2) is 0 Å². The van der Waals surface area contributed by atoms with Crippen molar-refractivity contribution in [2.45, 2.75) is 33.6 Å². The molecule has 0 bridgehead atoms. The molecular formula is C17H25NO5. The van der Waals surface area contributed by atoms with Crippen molar-refractivity contribution in [1.82, 2.24) is 5.32 Å². The highest BCUT2D eigenvalue weighted by Gasteiger charge is 2.35. The van der Waals surface area contributed by atoms with Crippen LogP contribution in [0.5, 0.6) is 11.5 Å². The van der Waals surface area contributed by atoms with Crippen LogP contribution in [0.25, 0.3) is 0 Å². The molecule has 0 aliphatic rings. The zero-order valence-corrected chi connectivity index (χ0v) is 14.1. The number of ether oxygens (including phenoxy) is 2. The Morgan fingerprint density at radius 2 is 1.91 bits per heavy atom. The molecule has 0 atom stereocenters. The van der Waals surface area contributed by atoms with E-state index in [1.165, 1.54) is 0 Å². The summed E-state index contributed by atoms with van der Waals surface area (Å²) in [7, 11) is 1.59. The van der Waals surface area contributed by atoms with Crippen LogP contribution < -0.4 is 14.8 Å². The van der Waals surface area contributed by atoms with Gasteiger partial charge in [-0.2, -0.15) is 0 Å². The number of methoxy groups -OCH3 is 1. The van der Waals surface area contributed by atoms with Gasteiger partial charge in [0.15, 0.2) is 6.61 Å². The van der Waals surface area contributed by atoms with Crippen LogP contribution in [0.4, 0.5) is 0 Å². The Hall–Kier alpha value is -2.24. The number of hydrogen-bond acceptors (Lipinski definition) is 4. The summed E-state index contributed by atoms with van der Waals surface area (Å²) in [6.07, 6.45) is 0.912. The second-order valence-electron chi connectivity index (χ2n) is 5.49. The molecule has 1 rings (SSSR count). The number of carbonyl (C=O) groups excluding carboxylic acids is 1. The maximum absolute atomic E-state index is 11.9. The lowest BCUT2D eigenvalue weighted by Crippen LogP contribution is -2.43. The lowest BCUT2D eigenvalue weighted by molar-refractivity contribution is -0.149. The Labute approximate surface area is 136 Å². The zero-order chi connectivity index (χ0) is 17.5. The molecule has 6 nitrogen and oxygen atoms in total. The maximum Gasteiger partial charge on any atom is 0.311 e. The van der Waals surface area contributed by atoms with E-state index in [4.69, 9.17) is 9.47 Å². The molecule has 2 N–H and O–H groups in total. The number of carboxylic acid groups (broad SMARTS) is 1. The van der Waals surface area contributed by atoms with Crippen molar-refractivity contribution in [3.8, 4) is 11.5 Å². The predicted octanol–water partition coefficient (Wildman–Crippen LogP) is 2.39. The highest BCUT2D eigenvalue weighted by Crippen LogP contribution is 2.26. The summed E-state index contributed by atoms with van der Waals surface area (Å²) in [4.78, 5) is 23.3. The average molecular weight is 323 g/mol. The van der Waals surface area contributed by atoms with E-state index < -0.39 is 11.4 Å². The van der Waals surface area contributed by atoms with E-state index >= 15 is 0 Å². The van der Waals surface area contributed by atoms with Gasteiger partial charge in [-0.15, -0.1) is 0 Å².